The molecule has 0 spiro atoms. The van der Waals surface area contributed by atoms with Gasteiger partial charge in [0.2, 0.25) is 5.91 Å². The molecule has 17 heavy (non-hydrogen) atoms. The van der Waals surface area contributed by atoms with E-state index in [4.69, 9.17) is 0 Å². The molecule has 2 rings (SSSR count). The molecule has 0 fully saturated rings. The van der Waals surface area contributed by atoms with Crippen LogP contribution in [0, 0.1) is 12.8 Å². The number of nitrogens with zero attached hydrogens (tertiary/aromatic N) is 1. The van der Waals surface area contributed by atoms with Crippen molar-refractivity contribution in [1.29, 1.82) is 0 Å². The van der Waals surface area contributed by atoms with Gasteiger partial charge in [-0.25, -0.2) is 0 Å². The monoisotopic (exact) mass is 232 g/mol. The fourth-order valence-electron chi connectivity index (χ4n) is 2.22. The van der Waals surface area contributed by atoms with Gasteiger partial charge in [0.15, 0.2) is 0 Å². The van der Waals surface area contributed by atoms with Gasteiger partial charge in [-0.05, 0) is 30.5 Å². The largest absolute Gasteiger partial charge is 0.379 e. The molecule has 92 valence electrons. The molecule has 0 aliphatic carbocycles. The summed E-state index contributed by atoms with van der Waals surface area (Å²) in [7, 11) is 0. The average molecular weight is 232 g/mol. The Morgan fingerprint density at radius 1 is 1.47 bits per heavy atom. The molecule has 1 aliphatic rings. The summed E-state index contributed by atoms with van der Waals surface area (Å²) in [5.41, 5.74) is 3.29. The first-order valence-electron chi connectivity index (χ1n) is 6.14. The van der Waals surface area contributed by atoms with E-state index in [1.165, 1.54) is 5.56 Å². The molecule has 1 aromatic rings. The molecule has 0 saturated carbocycles. The number of hydrogen-bond acceptors (Lipinski definition) is 2. The van der Waals surface area contributed by atoms with Crippen molar-refractivity contribution in [3.8, 4) is 0 Å². The van der Waals surface area contributed by atoms with E-state index < -0.39 is 0 Å². The van der Waals surface area contributed by atoms with Crippen LogP contribution in [0.2, 0.25) is 0 Å². The molecule has 1 atom stereocenters. The standard InChI is InChI=1S/C14H20N2O/c1-9(2)13-8-16(11(4)17)14-6-5-10(3)7-12(14)15-13/h5-7,9,13,15H,8H2,1-4H3/t13-/m1/s1. The fraction of sp³-hybridized carbons (Fsp3) is 0.500. The van der Waals surface area contributed by atoms with E-state index in [-0.39, 0.29) is 5.91 Å². The highest BCUT2D eigenvalue weighted by Crippen LogP contribution is 2.33. The minimum atomic E-state index is 0.113. The van der Waals surface area contributed by atoms with E-state index in [1.807, 2.05) is 17.0 Å². The topological polar surface area (TPSA) is 32.3 Å². The second-order valence-electron chi connectivity index (χ2n) is 5.15. The van der Waals surface area contributed by atoms with Crippen LogP contribution in [0.25, 0.3) is 0 Å². The zero-order valence-electron chi connectivity index (χ0n) is 10.9. The number of anilines is 2. The van der Waals surface area contributed by atoms with Gasteiger partial charge in [-0.2, -0.15) is 0 Å². The summed E-state index contributed by atoms with van der Waals surface area (Å²) >= 11 is 0. The van der Waals surface area contributed by atoms with Crippen LogP contribution in [0.3, 0.4) is 0 Å². The second kappa shape index (κ2) is 4.40. The van der Waals surface area contributed by atoms with Gasteiger partial charge in [-0.15, -0.1) is 0 Å². The number of fused-ring (bicyclic) bond motifs is 1. The molecule has 1 amide bonds. The first kappa shape index (κ1) is 12.0. The average Bonchev–Trinajstić information content (AvgIpc) is 2.26. The molecular formula is C14H20N2O. The Bertz CT molecular complexity index is 440. The first-order valence-corrected chi connectivity index (χ1v) is 6.14. The van der Waals surface area contributed by atoms with Gasteiger partial charge < -0.3 is 10.2 Å². The van der Waals surface area contributed by atoms with Gasteiger partial charge in [-0.3, -0.25) is 4.79 Å². The van der Waals surface area contributed by atoms with Crippen molar-refractivity contribution in [2.45, 2.75) is 33.7 Å². The van der Waals surface area contributed by atoms with Crippen LogP contribution in [-0.2, 0) is 4.79 Å². The van der Waals surface area contributed by atoms with Crippen molar-refractivity contribution < 1.29 is 4.79 Å². The maximum absolute atomic E-state index is 11.7. The lowest BCUT2D eigenvalue weighted by Crippen LogP contribution is -2.46. The highest BCUT2D eigenvalue weighted by Gasteiger charge is 2.27. The van der Waals surface area contributed by atoms with Crippen molar-refractivity contribution in [2.75, 3.05) is 16.8 Å². The quantitative estimate of drug-likeness (QED) is 0.807. The third-order valence-corrected chi connectivity index (χ3v) is 3.35. The van der Waals surface area contributed by atoms with Crippen LogP contribution in [0.1, 0.15) is 26.3 Å². The minimum absolute atomic E-state index is 0.113. The number of hydrogen-bond donors (Lipinski definition) is 1. The minimum Gasteiger partial charge on any atom is -0.379 e. The highest BCUT2D eigenvalue weighted by atomic mass is 16.2. The number of benzene rings is 1. The molecule has 0 saturated heterocycles. The van der Waals surface area contributed by atoms with Crippen molar-refractivity contribution in [3.63, 3.8) is 0 Å². The van der Waals surface area contributed by atoms with E-state index in [0.29, 0.717) is 12.0 Å². The molecule has 0 aromatic heterocycles. The van der Waals surface area contributed by atoms with Crippen LogP contribution >= 0.6 is 0 Å². The Labute approximate surface area is 103 Å². The van der Waals surface area contributed by atoms with Gasteiger partial charge in [0.1, 0.15) is 0 Å². The van der Waals surface area contributed by atoms with Gasteiger partial charge in [0.25, 0.3) is 0 Å². The maximum atomic E-state index is 11.7. The van der Waals surface area contributed by atoms with Gasteiger partial charge in [-0.1, -0.05) is 19.9 Å². The molecule has 1 heterocycles. The van der Waals surface area contributed by atoms with E-state index >= 15 is 0 Å². The third-order valence-electron chi connectivity index (χ3n) is 3.35. The Morgan fingerprint density at radius 2 is 2.18 bits per heavy atom. The van der Waals surface area contributed by atoms with Crippen molar-refractivity contribution in [3.05, 3.63) is 23.8 Å². The molecule has 3 nitrogen and oxygen atoms in total. The summed E-state index contributed by atoms with van der Waals surface area (Å²) in [5.74, 6) is 0.618. The summed E-state index contributed by atoms with van der Waals surface area (Å²) in [6.07, 6.45) is 0. The fourth-order valence-corrected chi connectivity index (χ4v) is 2.22. The van der Waals surface area contributed by atoms with Gasteiger partial charge in [0.05, 0.1) is 11.4 Å². The number of amides is 1. The van der Waals surface area contributed by atoms with E-state index in [0.717, 1.165) is 17.9 Å². The summed E-state index contributed by atoms with van der Waals surface area (Å²) < 4.78 is 0. The highest BCUT2D eigenvalue weighted by molar-refractivity contribution is 5.96. The number of carbonyl (C=O) groups excluding carboxylic acids is 1. The summed E-state index contributed by atoms with van der Waals surface area (Å²) in [6, 6.07) is 6.51. The van der Waals surface area contributed by atoms with E-state index in [1.54, 1.807) is 6.92 Å². The number of nitrogens with one attached hydrogen (secondary N) is 1. The van der Waals surface area contributed by atoms with Crippen LogP contribution in [0.5, 0.6) is 0 Å². The molecule has 0 bridgehead atoms. The molecule has 3 heteroatoms. The Kier molecular flexibility index (Phi) is 3.09. The zero-order valence-corrected chi connectivity index (χ0v) is 10.9. The summed E-state index contributed by atoms with van der Waals surface area (Å²) in [5, 5.41) is 3.53. The summed E-state index contributed by atoms with van der Waals surface area (Å²) in [4.78, 5) is 13.6. The SMILES string of the molecule is CC(=O)N1C[C@H](C(C)C)Nc2cc(C)ccc21. The number of carbonyl (C=O) groups is 1. The molecule has 0 unspecified atom stereocenters. The lowest BCUT2D eigenvalue weighted by Gasteiger charge is -2.37. The molecule has 1 aliphatic heterocycles. The molecule has 1 N–H and O–H groups in total. The second-order valence-corrected chi connectivity index (χ2v) is 5.15. The van der Waals surface area contributed by atoms with Crippen LogP contribution in [0.4, 0.5) is 11.4 Å². The lowest BCUT2D eigenvalue weighted by molar-refractivity contribution is -0.116. The van der Waals surface area contributed by atoms with Crippen LogP contribution in [-0.4, -0.2) is 18.5 Å². The van der Waals surface area contributed by atoms with Crippen molar-refractivity contribution >= 4 is 17.3 Å². The summed E-state index contributed by atoms with van der Waals surface area (Å²) in [6.45, 7) is 8.81. The van der Waals surface area contributed by atoms with Crippen LogP contribution < -0.4 is 10.2 Å². The Balaban J connectivity index is 2.41. The molecule has 0 radical (unpaired) electrons. The number of rotatable bonds is 1. The predicted octanol–water partition coefficient (Wildman–Crippen LogP) is 2.80. The van der Waals surface area contributed by atoms with E-state index in [9.17, 15) is 4.79 Å². The first-order chi connectivity index (χ1) is 7.99. The van der Waals surface area contributed by atoms with E-state index in [2.05, 4.69) is 32.2 Å². The van der Waals surface area contributed by atoms with Crippen molar-refractivity contribution in [2.24, 2.45) is 5.92 Å². The Morgan fingerprint density at radius 3 is 2.76 bits per heavy atom. The molecule has 1 aromatic carbocycles. The zero-order chi connectivity index (χ0) is 12.6. The third kappa shape index (κ3) is 2.28. The molecular weight excluding hydrogens is 212 g/mol. The Hall–Kier alpha value is -1.51. The number of aryl methyl sites for hydroxylation is 1. The van der Waals surface area contributed by atoms with Gasteiger partial charge in [0, 0.05) is 19.5 Å². The van der Waals surface area contributed by atoms with Crippen molar-refractivity contribution in [1.82, 2.24) is 0 Å². The van der Waals surface area contributed by atoms with Gasteiger partial charge >= 0.3 is 0 Å². The normalized spacial score (nSPS) is 18.9. The predicted molar refractivity (Wildman–Crippen MR) is 71.5 cm³/mol. The van der Waals surface area contributed by atoms with Crippen LogP contribution in [0.15, 0.2) is 18.2 Å². The maximum Gasteiger partial charge on any atom is 0.223 e. The lowest BCUT2D eigenvalue weighted by atomic mass is 9.99. The smallest absolute Gasteiger partial charge is 0.223 e.